The third kappa shape index (κ3) is 5.97. The van der Waals surface area contributed by atoms with E-state index in [1.807, 2.05) is 0 Å². The first-order valence-electron chi connectivity index (χ1n) is 6.82. The van der Waals surface area contributed by atoms with Gasteiger partial charge in [-0.1, -0.05) is 11.6 Å². The van der Waals surface area contributed by atoms with Crippen molar-refractivity contribution in [3.8, 4) is 0 Å². The third-order valence-electron chi connectivity index (χ3n) is 2.20. The summed E-state index contributed by atoms with van der Waals surface area (Å²) in [5.74, 6) is -2.83. The van der Waals surface area contributed by atoms with Crippen molar-refractivity contribution < 1.29 is 19.1 Å². The number of hydrogen-bond acceptors (Lipinski definition) is 6. The number of carbonyl (C=O) groups is 2. The van der Waals surface area contributed by atoms with Gasteiger partial charge in [0.25, 0.3) is 0 Å². The minimum atomic E-state index is -1.33. The smallest absolute Gasteiger partial charge is 0.327 e. The van der Waals surface area contributed by atoms with Gasteiger partial charge in [-0.15, -0.1) is 0 Å². The van der Waals surface area contributed by atoms with Gasteiger partial charge in [0.2, 0.25) is 0 Å². The number of halogens is 1. The van der Waals surface area contributed by atoms with Crippen LogP contribution in [0.5, 0.6) is 0 Å². The first kappa shape index (κ1) is 18.4. The van der Waals surface area contributed by atoms with E-state index in [4.69, 9.17) is 21.1 Å². The Labute approximate surface area is 135 Å². The molecule has 22 heavy (non-hydrogen) atoms. The van der Waals surface area contributed by atoms with E-state index in [2.05, 4.69) is 9.97 Å². The summed E-state index contributed by atoms with van der Waals surface area (Å²) < 4.78 is 10.6. The highest BCUT2D eigenvalue weighted by Gasteiger charge is 2.37. The molecular weight excluding hydrogens is 308 g/mol. The summed E-state index contributed by atoms with van der Waals surface area (Å²) in [6.45, 7) is 10.3. The summed E-state index contributed by atoms with van der Waals surface area (Å²) in [6, 6.07) is 0. The Bertz CT molecular complexity index is 533. The highest BCUT2D eigenvalue weighted by Crippen LogP contribution is 2.24. The van der Waals surface area contributed by atoms with Gasteiger partial charge in [-0.25, -0.2) is 4.98 Å². The van der Waals surface area contributed by atoms with Gasteiger partial charge >= 0.3 is 11.9 Å². The minimum absolute atomic E-state index is 0.0783. The molecule has 0 unspecified atom stereocenters. The lowest BCUT2D eigenvalue weighted by atomic mass is 10.0. The maximum Gasteiger partial charge on any atom is 0.327 e. The van der Waals surface area contributed by atoms with Crippen LogP contribution in [0.4, 0.5) is 0 Å². The molecule has 0 aliphatic carbocycles. The fourth-order valence-corrected chi connectivity index (χ4v) is 1.71. The van der Waals surface area contributed by atoms with E-state index in [0.29, 0.717) is 0 Å². The van der Waals surface area contributed by atoms with Gasteiger partial charge in [0.05, 0.1) is 11.9 Å². The Morgan fingerprint density at radius 2 is 1.45 bits per heavy atom. The first-order valence-corrected chi connectivity index (χ1v) is 7.20. The first-order chi connectivity index (χ1) is 9.89. The Balaban J connectivity index is 3.15. The van der Waals surface area contributed by atoms with Gasteiger partial charge in [0.1, 0.15) is 16.4 Å². The molecule has 0 spiro atoms. The number of nitrogens with zero attached hydrogens (tertiary/aromatic N) is 2. The zero-order valence-electron chi connectivity index (χ0n) is 13.6. The van der Waals surface area contributed by atoms with Crippen molar-refractivity contribution in [1.82, 2.24) is 9.97 Å². The molecule has 0 aromatic carbocycles. The van der Waals surface area contributed by atoms with Crippen LogP contribution in [0.25, 0.3) is 0 Å². The van der Waals surface area contributed by atoms with Crippen LogP contribution in [0.3, 0.4) is 0 Å². The second kappa shape index (κ2) is 6.60. The van der Waals surface area contributed by atoms with E-state index in [9.17, 15) is 9.59 Å². The molecule has 0 saturated carbocycles. The average molecular weight is 329 g/mol. The van der Waals surface area contributed by atoms with Crippen LogP contribution in [-0.4, -0.2) is 33.1 Å². The number of aromatic nitrogens is 2. The highest BCUT2D eigenvalue weighted by atomic mass is 35.5. The molecule has 0 bridgehead atoms. The highest BCUT2D eigenvalue weighted by molar-refractivity contribution is 6.29. The monoisotopic (exact) mass is 328 g/mol. The van der Waals surface area contributed by atoms with Crippen LogP contribution in [0.1, 0.15) is 53.2 Å². The third-order valence-corrected chi connectivity index (χ3v) is 2.39. The summed E-state index contributed by atoms with van der Waals surface area (Å²) in [5, 5.41) is 0.0783. The Morgan fingerprint density at radius 3 is 1.82 bits per heavy atom. The average Bonchev–Trinajstić information content (AvgIpc) is 2.23. The molecule has 122 valence electrons. The van der Waals surface area contributed by atoms with Gasteiger partial charge in [-0.05, 0) is 41.5 Å². The Hall–Kier alpha value is -1.69. The molecule has 0 aliphatic rings. The molecule has 0 saturated heterocycles. The molecule has 0 amide bonds. The van der Waals surface area contributed by atoms with Crippen LogP contribution < -0.4 is 0 Å². The topological polar surface area (TPSA) is 78.4 Å². The van der Waals surface area contributed by atoms with Crippen LogP contribution in [0, 0.1) is 0 Å². The van der Waals surface area contributed by atoms with Gasteiger partial charge in [0.15, 0.2) is 5.92 Å². The lowest BCUT2D eigenvalue weighted by molar-refractivity contribution is -0.169. The van der Waals surface area contributed by atoms with Crippen LogP contribution in [0.2, 0.25) is 5.15 Å². The summed E-state index contributed by atoms with van der Waals surface area (Å²) in [4.78, 5) is 32.6. The van der Waals surface area contributed by atoms with E-state index >= 15 is 0 Å². The fourth-order valence-electron chi connectivity index (χ4n) is 1.55. The maximum absolute atomic E-state index is 12.4. The molecule has 1 heterocycles. The number of ether oxygens (including phenoxy) is 2. The number of rotatable bonds is 3. The number of hydrogen-bond donors (Lipinski definition) is 0. The van der Waals surface area contributed by atoms with E-state index in [1.165, 1.54) is 12.4 Å². The summed E-state index contributed by atoms with van der Waals surface area (Å²) in [5.41, 5.74) is -1.40. The summed E-state index contributed by atoms with van der Waals surface area (Å²) >= 11 is 5.79. The van der Waals surface area contributed by atoms with E-state index in [1.54, 1.807) is 41.5 Å². The molecule has 0 atom stereocenters. The lowest BCUT2D eigenvalue weighted by Gasteiger charge is -2.25. The molecule has 1 aromatic rings. The second-order valence-electron chi connectivity index (χ2n) is 6.77. The predicted molar refractivity (Wildman–Crippen MR) is 81.5 cm³/mol. The molecule has 0 aliphatic heterocycles. The van der Waals surface area contributed by atoms with E-state index < -0.39 is 29.1 Å². The maximum atomic E-state index is 12.4. The second-order valence-corrected chi connectivity index (χ2v) is 7.15. The molecule has 1 rings (SSSR count). The van der Waals surface area contributed by atoms with Gasteiger partial charge in [-0.2, -0.15) is 0 Å². The molecule has 0 fully saturated rings. The largest absolute Gasteiger partial charge is 0.459 e. The van der Waals surface area contributed by atoms with Crippen molar-refractivity contribution in [2.45, 2.75) is 58.7 Å². The SMILES string of the molecule is CC(C)(C)OC(=O)C(C(=O)OC(C)(C)C)c1cncc(Cl)n1. The number of carbonyl (C=O) groups excluding carboxylic acids is 2. The van der Waals surface area contributed by atoms with Gasteiger partial charge in [0, 0.05) is 6.20 Å². The lowest BCUT2D eigenvalue weighted by Crippen LogP contribution is -2.36. The molecule has 0 N–H and O–H groups in total. The van der Waals surface area contributed by atoms with Crippen LogP contribution in [0.15, 0.2) is 12.4 Å². The standard InChI is InChI=1S/C15H21ClN2O4/c1-14(2,3)21-12(19)11(13(20)22-15(4,5)6)9-7-17-8-10(16)18-9/h7-8,11H,1-6H3. The Kier molecular flexibility index (Phi) is 5.51. The normalized spacial score (nSPS) is 12.2. The van der Waals surface area contributed by atoms with Crippen LogP contribution in [-0.2, 0) is 19.1 Å². The van der Waals surface area contributed by atoms with E-state index in [-0.39, 0.29) is 10.8 Å². The van der Waals surface area contributed by atoms with Gasteiger partial charge in [-0.3, -0.25) is 14.6 Å². The summed E-state index contributed by atoms with van der Waals surface area (Å²) in [7, 11) is 0. The molecule has 6 nitrogen and oxygen atoms in total. The minimum Gasteiger partial charge on any atom is -0.459 e. The van der Waals surface area contributed by atoms with E-state index in [0.717, 1.165) is 0 Å². The van der Waals surface area contributed by atoms with Gasteiger partial charge < -0.3 is 9.47 Å². The van der Waals surface area contributed by atoms with Crippen molar-refractivity contribution >= 4 is 23.5 Å². The molecule has 1 aromatic heterocycles. The quantitative estimate of drug-likeness (QED) is 0.627. The zero-order valence-corrected chi connectivity index (χ0v) is 14.4. The van der Waals surface area contributed by atoms with Crippen molar-refractivity contribution in [3.05, 3.63) is 23.2 Å². The van der Waals surface area contributed by atoms with Crippen LogP contribution >= 0.6 is 11.6 Å². The summed E-state index contributed by atoms with van der Waals surface area (Å²) in [6.07, 6.45) is 2.61. The Morgan fingerprint density at radius 1 is 1.00 bits per heavy atom. The van der Waals surface area contributed by atoms with Crippen molar-refractivity contribution in [2.75, 3.05) is 0 Å². The molecular formula is C15H21ClN2O4. The zero-order chi connectivity index (χ0) is 17.1. The fraction of sp³-hybridized carbons (Fsp3) is 0.600. The predicted octanol–water partition coefficient (Wildman–Crippen LogP) is 2.90. The van der Waals surface area contributed by atoms with Crippen molar-refractivity contribution in [3.63, 3.8) is 0 Å². The molecule has 7 heteroatoms. The van der Waals surface area contributed by atoms with Crippen molar-refractivity contribution in [2.24, 2.45) is 0 Å². The number of esters is 2. The van der Waals surface area contributed by atoms with Crippen molar-refractivity contribution in [1.29, 1.82) is 0 Å². The molecule has 0 radical (unpaired) electrons.